The maximum Gasteiger partial charge on any atom is 0.344 e. The lowest BCUT2D eigenvalue weighted by Gasteiger charge is -2.09. The van der Waals surface area contributed by atoms with Crippen LogP contribution >= 0.6 is 0 Å². The molecule has 0 saturated carbocycles. The van der Waals surface area contributed by atoms with E-state index in [2.05, 4.69) is 0 Å². The summed E-state index contributed by atoms with van der Waals surface area (Å²) in [5.41, 5.74) is 1.46. The number of benzene rings is 3. The number of para-hydroxylation sites is 1. The number of ether oxygens (including phenoxy) is 1. The SMILES string of the molecule is CCS(=O)(=O)c1ccccc1C(=O)Oc1ccc2oc3ccccc3c2c1. The second kappa shape index (κ2) is 6.55. The highest BCUT2D eigenvalue weighted by Gasteiger charge is 2.22. The van der Waals surface area contributed by atoms with Crippen LogP contribution < -0.4 is 4.74 Å². The van der Waals surface area contributed by atoms with Crippen LogP contribution in [0, 0.1) is 0 Å². The van der Waals surface area contributed by atoms with E-state index in [9.17, 15) is 13.2 Å². The second-order valence-corrected chi connectivity index (χ2v) is 8.29. The molecule has 0 spiro atoms. The van der Waals surface area contributed by atoms with Crippen LogP contribution in [0.15, 0.2) is 76.0 Å². The predicted molar refractivity (Wildman–Crippen MR) is 103 cm³/mol. The van der Waals surface area contributed by atoms with E-state index in [0.29, 0.717) is 11.3 Å². The fraction of sp³-hybridized carbons (Fsp3) is 0.0952. The molecule has 0 atom stereocenters. The molecular weight excluding hydrogens is 364 g/mol. The monoisotopic (exact) mass is 380 g/mol. The highest BCUT2D eigenvalue weighted by molar-refractivity contribution is 7.91. The first-order chi connectivity index (χ1) is 13.0. The Kier molecular flexibility index (Phi) is 4.20. The average Bonchev–Trinajstić information content (AvgIpc) is 3.06. The molecule has 5 nitrogen and oxygen atoms in total. The summed E-state index contributed by atoms with van der Waals surface area (Å²) in [6.07, 6.45) is 0. The van der Waals surface area contributed by atoms with Gasteiger partial charge in [-0.25, -0.2) is 13.2 Å². The van der Waals surface area contributed by atoms with Crippen LogP contribution in [-0.4, -0.2) is 20.1 Å². The van der Waals surface area contributed by atoms with Gasteiger partial charge in [-0.2, -0.15) is 0 Å². The van der Waals surface area contributed by atoms with Gasteiger partial charge in [-0.3, -0.25) is 0 Å². The summed E-state index contributed by atoms with van der Waals surface area (Å²) >= 11 is 0. The molecular formula is C21H16O5S. The Morgan fingerprint density at radius 2 is 1.63 bits per heavy atom. The number of hydrogen-bond acceptors (Lipinski definition) is 5. The zero-order valence-electron chi connectivity index (χ0n) is 14.5. The van der Waals surface area contributed by atoms with Crippen molar-refractivity contribution in [1.82, 2.24) is 0 Å². The number of hydrogen-bond donors (Lipinski definition) is 0. The number of furan rings is 1. The van der Waals surface area contributed by atoms with Gasteiger partial charge in [0.25, 0.3) is 0 Å². The summed E-state index contributed by atoms with van der Waals surface area (Å²) < 4.78 is 35.7. The van der Waals surface area contributed by atoms with Gasteiger partial charge in [-0.15, -0.1) is 0 Å². The normalized spacial score (nSPS) is 11.7. The molecule has 0 aliphatic rings. The fourth-order valence-corrected chi connectivity index (χ4v) is 4.08. The van der Waals surface area contributed by atoms with Crippen molar-refractivity contribution in [2.75, 3.05) is 5.75 Å². The molecule has 0 unspecified atom stereocenters. The van der Waals surface area contributed by atoms with Gasteiger partial charge in [0.05, 0.1) is 16.2 Å². The van der Waals surface area contributed by atoms with E-state index < -0.39 is 15.8 Å². The number of sulfone groups is 1. The summed E-state index contributed by atoms with van der Waals surface area (Å²) in [7, 11) is -3.54. The van der Waals surface area contributed by atoms with Crippen LogP contribution in [0.5, 0.6) is 5.75 Å². The summed E-state index contributed by atoms with van der Waals surface area (Å²) in [5.74, 6) is -0.484. The summed E-state index contributed by atoms with van der Waals surface area (Å²) in [6.45, 7) is 1.54. The van der Waals surface area contributed by atoms with Gasteiger partial charge in [0.2, 0.25) is 0 Å². The van der Waals surface area contributed by atoms with Crippen LogP contribution in [0.2, 0.25) is 0 Å². The minimum absolute atomic E-state index is 0.0210. The van der Waals surface area contributed by atoms with Gasteiger partial charge in [-0.05, 0) is 36.4 Å². The van der Waals surface area contributed by atoms with Crippen molar-refractivity contribution in [1.29, 1.82) is 0 Å². The maximum absolute atomic E-state index is 12.6. The molecule has 1 aromatic heterocycles. The third kappa shape index (κ3) is 3.08. The summed E-state index contributed by atoms with van der Waals surface area (Å²) in [6, 6.07) is 18.7. The second-order valence-electron chi connectivity index (χ2n) is 6.05. The first kappa shape index (κ1) is 17.3. The molecule has 4 rings (SSSR count). The minimum Gasteiger partial charge on any atom is -0.456 e. The molecule has 0 aliphatic carbocycles. The van der Waals surface area contributed by atoms with E-state index in [1.54, 1.807) is 30.3 Å². The van der Waals surface area contributed by atoms with Crippen molar-refractivity contribution in [2.24, 2.45) is 0 Å². The topological polar surface area (TPSA) is 73.6 Å². The quantitative estimate of drug-likeness (QED) is 0.382. The fourth-order valence-electron chi connectivity index (χ4n) is 2.99. The van der Waals surface area contributed by atoms with E-state index in [0.717, 1.165) is 16.4 Å². The maximum atomic E-state index is 12.6. The Labute approximate surface area is 156 Å². The molecule has 0 fully saturated rings. The molecule has 3 aromatic carbocycles. The van der Waals surface area contributed by atoms with Gasteiger partial charge in [0, 0.05) is 10.8 Å². The smallest absolute Gasteiger partial charge is 0.344 e. The van der Waals surface area contributed by atoms with E-state index in [1.165, 1.54) is 19.1 Å². The van der Waals surface area contributed by atoms with Crippen LogP contribution in [-0.2, 0) is 9.84 Å². The predicted octanol–water partition coefficient (Wildman–Crippen LogP) is 4.60. The third-order valence-corrected chi connectivity index (χ3v) is 6.17. The van der Waals surface area contributed by atoms with Crippen molar-refractivity contribution in [2.45, 2.75) is 11.8 Å². The number of carbonyl (C=O) groups excluding carboxylic acids is 1. The van der Waals surface area contributed by atoms with Crippen LogP contribution in [0.3, 0.4) is 0 Å². The van der Waals surface area contributed by atoms with E-state index in [-0.39, 0.29) is 16.2 Å². The molecule has 0 aliphatic heterocycles. The molecule has 0 N–H and O–H groups in total. The van der Waals surface area contributed by atoms with Gasteiger partial charge < -0.3 is 9.15 Å². The van der Waals surface area contributed by atoms with Crippen LogP contribution in [0.1, 0.15) is 17.3 Å². The van der Waals surface area contributed by atoms with Gasteiger partial charge in [0.1, 0.15) is 16.9 Å². The lowest BCUT2D eigenvalue weighted by Crippen LogP contribution is -2.15. The number of esters is 1. The molecule has 6 heteroatoms. The van der Waals surface area contributed by atoms with E-state index >= 15 is 0 Å². The molecule has 0 bridgehead atoms. The van der Waals surface area contributed by atoms with Crippen molar-refractivity contribution in [3.63, 3.8) is 0 Å². The first-order valence-electron chi connectivity index (χ1n) is 8.45. The number of rotatable bonds is 4. The standard InChI is InChI=1S/C21H16O5S/c1-2-27(23,24)20-10-6-4-8-16(20)21(22)25-14-11-12-19-17(13-14)15-7-3-5-9-18(15)26-19/h3-13H,2H2,1H3. The Bertz CT molecular complexity index is 1270. The number of carbonyl (C=O) groups is 1. The lowest BCUT2D eigenvalue weighted by atomic mass is 10.1. The number of fused-ring (bicyclic) bond motifs is 3. The minimum atomic E-state index is -3.54. The van der Waals surface area contributed by atoms with Crippen LogP contribution in [0.4, 0.5) is 0 Å². The molecule has 0 radical (unpaired) electrons. The van der Waals surface area contributed by atoms with Crippen LogP contribution in [0.25, 0.3) is 21.9 Å². The molecule has 1 heterocycles. The van der Waals surface area contributed by atoms with E-state index in [4.69, 9.17) is 9.15 Å². The van der Waals surface area contributed by atoms with Crippen molar-refractivity contribution in [3.05, 3.63) is 72.3 Å². The zero-order chi connectivity index (χ0) is 19.0. The Balaban J connectivity index is 1.73. The largest absolute Gasteiger partial charge is 0.456 e. The van der Waals surface area contributed by atoms with Crippen molar-refractivity contribution >= 4 is 37.7 Å². The Morgan fingerprint density at radius 1 is 0.926 bits per heavy atom. The molecule has 0 saturated heterocycles. The summed E-state index contributed by atoms with van der Waals surface area (Å²) in [4.78, 5) is 12.6. The Hall–Kier alpha value is -3.12. The highest BCUT2D eigenvalue weighted by Crippen LogP contribution is 2.31. The van der Waals surface area contributed by atoms with Crippen molar-refractivity contribution in [3.8, 4) is 5.75 Å². The van der Waals surface area contributed by atoms with Gasteiger partial charge in [-0.1, -0.05) is 37.3 Å². The molecule has 27 heavy (non-hydrogen) atoms. The van der Waals surface area contributed by atoms with Crippen molar-refractivity contribution < 1.29 is 22.4 Å². The molecule has 4 aromatic rings. The molecule has 136 valence electrons. The Morgan fingerprint density at radius 3 is 2.44 bits per heavy atom. The lowest BCUT2D eigenvalue weighted by molar-refractivity contribution is 0.0731. The zero-order valence-corrected chi connectivity index (χ0v) is 15.3. The summed E-state index contributed by atoms with van der Waals surface area (Å²) in [5, 5.41) is 1.74. The molecule has 0 amide bonds. The van der Waals surface area contributed by atoms with Gasteiger partial charge >= 0.3 is 5.97 Å². The first-order valence-corrected chi connectivity index (χ1v) is 10.1. The third-order valence-electron chi connectivity index (χ3n) is 4.38. The van der Waals surface area contributed by atoms with E-state index in [1.807, 2.05) is 24.3 Å². The van der Waals surface area contributed by atoms with Gasteiger partial charge in [0.15, 0.2) is 9.84 Å². The highest BCUT2D eigenvalue weighted by atomic mass is 32.2. The average molecular weight is 380 g/mol.